The summed E-state index contributed by atoms with van der Waals surface area (Å²) in [7, 11) is 0. The topological polar surface area (TPSA) is 103 Å². The molecule has 0 radical (unpaired) electrons. The molecule has 10 heteroatoms. The van der Waals surface area contributed by atoms with Crippen molar-refractivity contribution in [2.75, 3.05) is 5.32 Å². The zero-order valence-corrected chi connectivity index (χ0v) is 17.0. The number of nitrogens with one attached hydrogen (secondary N) is 1. The van der Waals surface area contributed by atoms with Gasteiger partial charge < -0.3 is 10.1 Å². The SMILES string of the molecule is Cc1ccc2cccc(Oc3ncnc(Nc4ccc(Cl)c(Cl)c4)c3[N+](=O)[O-])c2n1. The maximum atomic E-state index is 11.8. The highest BCUT2D eigenvalue weighted by molar-refractivity contribution is 6.42. The molecule has 2 aromatic heterocycles. The first-order valence-corrected chi connectivity index (χ1v) is 9.43. The smallest absolute Gasteiger partial charge is 0.373 e. The fraction of sp³-hybridized carbons (Fsp3) is 0.0500. The summed E-state index contributed by atoms with van der Waals surface area (Å²) in [5.41, 5.74) is 1.41. The summed E-state index contributed by atoms with van der Waals surface area (Å²) in [5, 5.41) is 16.2. The molecule has 1 N–H and O–H groups in total. The number of hydrogen-bond donors (Lipinski definition) is 1. The van der Waals surface area contributed by atoms with E-state index in [0.717, 1.165) is 11.1 Å². The fourth-order valence-electron chi connectivity index (χ4n) is 2.81. The van der Waals surface area contributed by atoms with Gasteiger partial charge in [-0.1, -0.05) is 41.4 Å². The van der Waals surface area contributed by atoms with E-state index < -0.39 is 10.6 Å². The molecule has 0 unspecified atom stereocenters. The maximum Gasteiger partial charge on any atom is 0.373 e. The Bertz CT molecular complexity index is 1280. The van der Waals surface area contributed by atoms with E-state index >= 15 is 0 Å². The Morgan fingerprint density at radius 2 is 1.90 bits per heavy atom. The number of fused-ring (bicyclic) bond motifs is 1. The number of para-hydroxylation sites is 1. The summed E-state index contributed by atoms with van der Waals surface area (Å²) in [4.78, 5) is 23.6. The van der Waals surface area contributed by atoms with Crippen molar-refractivity contribution in [3.8, 4) is 11.6 Å². The Morgan fingerprint density at radius 3 is 2.67 bits per heavy atom. The average molecular weight is 442 g/mol. The minimum atomic E-state index is -0.612. The summed E-state index contributed by atoms with van der Waals surface area (Å²) in [6.45, 7) is 1.85. The Morgan fingerprint density at radius 1 is 1.07 bits per heavy atom. The van der Waals surface area contributed by atoms with Crippen molar-refractivity contribution in [2.24, 2.45) is 0 Å². The molecule has 0 atom stereocenters. The predicted octanol–water partition coefficient (Wildman–Crippen LogP) is 6.08. The van der Waals surface area contributed by atoms with E-state index in [1.54, 1.807) is 24.3 Å². The molecule has 0 saturated heterocycles. The molecule has 0 aliphatic rings. The molecule has 2 heterocycles. The molecule has 0 aliphatic carbocycles. The molecule has 0 fully saturated rings. The Labute approximate surface area is 180 Å². The van der Waals surface area contributed by atoms with Crippen LogP contribution in [0.3, 0.4) is 0 Å². The lowest BCUT2D eigenvalue weighted by atomic mass is 10.2. The zero-order chi connectivity index (χ0) is 21.3. The highest BCUT2D eigenvalue weighted by Gasteiger charge is 2.26. The van der Waals surface area contributed by atoms with E-state index in [1.165, 1.54) is 12.4 Å². The van der Waals surface area contributed by atoms with Crippen LogP contribution in [0.4, 0.5) is 17.2 Å². The number of ether oxygens (including phenoxy) is 1. The van der Waals surface area contributed by atoms with Crippen LogP contribution in [0.25, 0.3) is 10.9 Å². The van der Waals surface area contributed by atoms with Crippen molar-refractivity contribution in [3.05, 3.63) is 80.7 Å². The van der Waals surface area contributed by atoms with E-state index in [-0.39, 0.29) is 11.7 Å². The van der Waals surface area contributed by atoms with Crippen LogP contribution in [0.5, 0.6) is 11.6 Å². The van der Waals surface area contributed by atoms with Crippen LogP contribution >= 0.6 is 23.2 Å². The van der Waals surface area contributed by atoms with Crippen molar-refractivity contribution in [3.63, 3.8) is 0 Å². The van der Waals surface area contributed by atoms with E-state index in [0.29, 0.717) is 27.0 Å². The van der Waals surface area contributed by atoms with Gasteiger partial charge in [-0.3, -0.25) is 10.1 Å². The Balaban J connectivity index is 1.76. The maximum absolute atomic E-state index is 11.8. The van der Waals surface area contributed by atoms with Crippen LogP contribution < -0.4 is 10.1 Å². The van der Waals surface area contributed by atoms with Gasteiger partial charge in [0.2, 0.25) is 5.82 Å². The number of anilines is 2. The third-order valence-corrected chi connectivity index (χ3v) is 4.92. The molecule has 30 heavy (non-hydrogen) atoms. The standard InChI is InChI=1S/C20H13Cl2N5O3/c1-11-5-6-12-3-2-4-16(17(12)25-11)30-20-18(27(28)29)19(23-10-24-20)26-13-7-8-14(21)15(22)9-13/h2-10H,1H3,(H,23,24,26). The minimum absolute atomic E-state index is 0.0484. The second-order valence-corrected chi connectivity index (χ2v) is 7.08. The number of aromatic nitrogens is 3. The number of rotatable bonds is 5. The minimum Gasteiger partial charge on any atom is -0.431 e. The first-order valence-electron chi connectivity index (χ1n) is 8.68. The van der Waals surface area contributed by atoms with Crippen molar-refractivity contribution in [2.45, 2.75) is 6.92 Å². The summed E-state index contributed by atoms with van der Waals surface area (Å²) < 4.78 is 5.82. The van der Waals surface area contributed by atoms with Gasteiger partial charge in [0.15, 0.2) is 5.75 Å². The summed E-state index contributed by atoms with van der Waals surface area (Å²) in [6, 6.07) is 13.8. The fourth-order valence-corrected chi connectivity index (χ4v) is 3.11. The zero-order valence-electron chi connectivity index (χ0n) is 15.5. The van der Waals surface area contributed by atoms with Crippen LogP contribution in [-0.2, 0) is 0 Å². The number of nitrogens with zero attached hydrogens (tertiary/aromatic N) is 4. The quantitative estimate of drug-likeness (QED) is 0.295. The van der Waals surface area contributed by atoms with E-state index in [4.69, 9.17) is 27.9 Å². The van der Waals surface area contributed by atoms with Crippen molar-refractivity contribution >= 4 is 51.3 Å². The van der Waals surface area contributed by atoms with Crippen molar-refractivity contribution < 1.29 is 9.66 Å². The molecule has 8 nitrogen and oxygen atoms in total. The highest BCUT2D eigenvalue weighted by Crippen LogP contribution is 2.37. The van der Waals surface area contributed by atoms with Gasteiger partial charge in [-0.25, -0.2) is 9.97 Å². The largest absolute Gasteiger partial charge is 0.431 e. The first-order chi connectivity index (χ1) is 14.4. The van der Waals surface area contributed by atoms with Gasteiger partial charge >= 0.3 is 11.6 Å². The molecule has 0 saturated carbocycles. The molecule has 0 spiro atoms. The molecule has 4 aromatic rings. The molecular formula is C20H13Cl2N5O3. The van der Waals surface area contributed by atoms with Crippen LogP contribution in [0.1, 0.15) is 5.69 Å². The Kier molecular flexibility index (Phi) is 5.35. The van der Waals surface area contributed by atoms with Gasteiger partial charge in [0.05, 0.1) is 15.0 Å². The number of halogens is 2. The van der Waals surface area contributed by atoms with Gasteiger partial charge in [-0.05, 0) is 37.3 Å². The van der Waals surface area contributed by atoms with E-state index in [1.807, 2.05) is 25.1 Å². The second kappa shape index (κ2) is 8.10. The lowest BCUT2D eigenvalue weighted by Gasteiger charge is -2.11. The third-order valence-electron chi connectivity index (χ3n) is 4.18. The van der Waals surface area contributed by atoms with Gasteiger partial charge in [-0.15, -0.1) is 0 Å². The number of pyridine rings is 1. The monoisotopic (exact) mass is 441 g/mol. The molecular weight excluding hydrogens is 429 g/mol. The van der Waals surface area contributed by atoms with Crippen LogP contribution in [0, 0.1) is 17.0 Å². The Hall–Kier alpha value is -3.49. The lowest BCUT2D eigenvalue weighted by molar-refractivity contribution is -0.385. The van der Waals surface area contributed by atoms with Gasteiger partial charge in [-0.2, -0.15) is 4.98 Å². The summed E-state index contributed by atoms with van der Waals surface area (Å²) in [6.07, 6.45) is 1.17. The summed E-state index contributed by atoms with van der Waals surface area (Å²) >= 11 is 11.9. The van der Waals surface area contributed by atoms with Crippen LogP contribution in [0.2, 0.25) is 10.0 Å². The molecule has 0 bridgehead atoms. The molecule has 0 aliphatic heterocycles. The average Bonchev–Trinajstić information content (AvgIpc) is 2.71. The summed E-state index contributed by atoms with van der Waals surface area (Å²) in [5.74, 6) is 0.0830. The van der Waals surface area contributed by atoms with Crippen LogP contribution in [0.15, 0.2) is 54.9 Å². The lowest BCUT2D eigenvalue weighted by Crippen LogP contribution is -2.04. The third kappa shape index (κ3) is 3.96. The number of hydrogen-bond acceptors (Lipinski definition) is 7. The van der Waals surface area contributed by atoms with Crippen molar-refractivity contribution in [1.29, 1.82) is 0 Å². The number of benzene rings is 2. The first kappa shape index (κ1) is 19.8. The van der Waals surface area contributed by atoms with Gasteiger partial charge in [0.1, 0.15) is 11.8 Å². The van der Waals surface area contributed by atoms with E-state index in [9.17, 15) is 10.1 Å². The van der Waals surface area contributed by atoms with Crippen LogP contribution in [-0.4, -0.2) is 19.9 Å². The predicted molar refractivity (Wildman–Crippen MR) is 115 cm³/mol. The molecule has 150 valence electrons. The van der Waals surface area contributed by atoms with Crippen molar-refractivity contribution in [1.82, 2.24) is 15.0 Å². The highest BCUT2D eigenvalue weighted by atomic mass is 35.5. The number of aryl methyl sites for hydroxylation is 1. The van der Waals surface area contributed by atoms with Gasteiger partial charge in [0.25, 0.3) is 0 Å². The molecule has 2 aromatic carbocycles. The number of nitro groups is 1. The normalized spacial score (nSPS) is 10.8. The molecule has 0 amide bonds. The molecule has 4 rings (SSSR count). The van der Waals surface area contributed by atoms with E-state index in [2.05, 4.69) is 20.3 Å². The second-order valence-electron chi connectivity index (χ2n) is 6.27. The van der Waals surface area contributed by atoms with Gasteiger partial charge in [0, 0.05) is 16.8 Å².